The van der Waals surface area contributed by atoms with Gasteiger partial charge in [-0.3, -0.25) is 10.4 Å². The van der Waals surface area contributed by atoms with Gasteiger partial charge in [-0.05, 0) is 55.3 Å². The zero-order valence-electron chi connectivity index (χ0n) is 14.3. The summed E-state index contributed by atoms with van der Waals surface area (Å²) in [4.78, 5) is 4.52. The van der Waals surface area contributed by atoms with E-state index in [1.54, 1.807) is 23.9 Å². The summed E-state index contributed by atoms with van der Waals surface area (Å²) < 4.78 is 12.9. The summed E-state index contributed by atoms with van der Waals surface area (Å²) in [6, 6.07) is 14.2. The van der Waals surface area contributed by atoms with Crippen LogP contribution in [-0.2, 0) is 0 Å². The van der Waals surface area contributed by atoms with Crippen molar-refractivity contribution in [2.75, 3.05) is 17.3 Å². The normalized spacial score (nSPS) is 17.3. The fraction of sp³-hybridized carbons (Fsp3) is 0.263. The molecular weight excluding hydrogens is 335 g/mol. The molecule has 0 unspecified atom stereocenters. The van der Waals surface area contributed by atoms with Crippen molar-refractivity contribution in [1.29, 1.82) is 0 Å². The molecule has 1 heterocycles. The molecule has 0 amide bonds. The summed E-state index contributed by atoms with van der Waals surface area (Å²) in [6.45, 7) is 5.01. The molecule has 0 saturated carbocycles. The maximum Gasteiger partial charge on any atom is 0.161 e. The van der Waals surface area contributed by atoms with Crippen LogP contribution in [0.4, 0.5) is 15.8 Å². The minimum atomic E-state index is -0.260. The van der Waals surface area contributed by atoms with Gasteiger partial charge in [-0.2, -0.15) is 5.10 Å². The van der Waals surface area contributed by atoms with Gasteiger partial charge in [0.15, 0.2) is 5.17 Å². The van der Waals surface area contributed by atoms with E-state index in [1.165, 1.54) is 12.1 Å². The van der Waals surface area contributed by atoms with E-state index in [4.69, 9.17) is 0 Å². The van der Waals surface area contributed by atoms with E-state index >= 15 is 0 Å². The number of amidine groups is 1. The summed E-state index contributed by atoms with van der Waals surface area (Å²) in [7, 11) is 0. The summed E-state index contributed by atoms with van der Waals surface area (Å²) in [6.07, 6.45) is 1.13. The molecule has 6 heteroatoms. The van der Waals surface area contributed by atoms with Crippen molar-refractivity contribution in [1.82, 2.24) is 0 Å². The Morgan fingerprint density at radius 3 is 2.48 bits per heavy atom. The number of rotatable bonds is 5. The quantitative estimate of drug-likeness (QED) is 0.588. The van der Waals surface area contributed by atoms with Crippen molar-refractivity contribution >= 4 is 34.0 Å². The molecule has 2 aromatic carbocycles. The van der Waals surface area contributed by atoms with Crippen LogP contribution in [0, 0.1) is 5.82 Å². The molecule has 0 saturated heterocycles. The Morgan fingerprint density at radius 2 is 1.84 bits per heavy atom. The molecule has 0 fully saturated rings. The molecule has 0 spiro atoms. The summed E-state index contributed by atoms with van der Waals surface area (Å²) in [5, 5.41) is 9.28. The Balaban J connectivity index is 1.59. The Bertz CT molecular complexity index is 769. The first kappa shape index (κ1) is 17.5. The maximum atomic E-state index is 12.9. The number of thioether (sulfide) groups is 1. The summed E-state index contributed by atoms with van der Waals surface area (Å²) in [5.74, 6) is -0.260. The van der Waals surface area contributed by atoms with Gasteiger partial charge < -0.3 is 5.32 Å². The van der Waals surface area contributed by atoms with Crippen LogP contribution in [0.25, 0.3) is 0 Å². The third-order valence-electron chi connectivity index (χ3n) is 3.92. The molecule has 1 aliphatic heterocycles. The lowest BCUT2D eigenvalue weighted by molar-refractivity contribution is 0.628. The van der Waals surface area contributed by atoms with Gasteiger partial charge in [-0.25, -0.2) is 4.39 Å². The fourth-order valence-electron chi connectivity index (χ4n) is 2.35. The smallest absolute Gasteiger partial charge is 0.161 e. The molecule has 3 rings (SSSR count). The molecule has 4 nitrogen and oxygen atoms in total. The van der Waals surface area contributed by atoms with Crippen molar-refractivity contribution in [3.63, 3.8) is 0 Å². The highest BCUT2D eigenvalue weighted by atomic mass is 32.2. The second-order valence-electron chi connectivity index (χ2n) is 5.81. The molecule has 0 aliphatic carbocycles. The number of aliphatic imine (C=N–C) groups is 1. The number of halogens is 1. The van der Waals surface area contributed by atoms with Crippen molar-refractivity contribution < 1.29 is 4.39 Å². The zero-order valence-corrected chi connectivity index (χ0v) is 15.1. The van der Waals surface area contributed by atoms with E-state index in [0.717, 1.165) is 40.8 Å². The standard InChI is InChI=1S/C19H21FN4S/c1-3-18-12-21-19(25-18)22-16-8-4-14(5-9-16)13(2)23-24-17-10-6-15(20)7-11-17/h4-11,18,24H,3,12H2,1-2H3,(H,21,22)/b23-13-/t18-/m0/s1. The van der Waals surface area contributed by atoms with Gasteiger partial charge in [0.25, 0.3) is 0 Å². The lowest BCUT2D eigenvalue weighted by Gasteiger charge is -2.08. The largest absolute Gasteiger partial charge is 0.335 e. The molecule has 130 valence electrons. The number of hydrogen-bond acceptors (Lipinski definition) is 5. The van der Waals surface area contributed by atoms with E-state index < -0.39 is 0 Å². The maximum absolute atomic E-state index is 12.9. The highest BCUT2D eigenvalue weighted by molar-refractivity contribution is 8.15. The second-order valence-corrected chi connectivity index (χ2v) is 7.10. The first-order valence-corrected chi connectivity index (χ1v) is 9.16. The van der Waals surface area contributed by atoms with Crippen LogP contribution in [0.5, 0.6) is 0 Å². The van der Waals surface area contributed by atoms with Gasteiger partial charge in [-0.1, -0.05) is 30.8 Å². The van der Waals surface area contributed by atoms with Crippen molar-refractivity contribution in [3.05, 3.63) is 59.9 Å². The molecule has 2 N–H and O–H groups in total. The lowest BCUT2D eigenvalue weighted by atomic mass is 10.1. The first-order valence-electron chi connectivity index (χ1n) is 8.28. The Hall–Kier alpha value is -2.34. The highest BCUT2D eigenvalue weighted by Crippen LogP contribution is 2.24. The molecule has 2 aromatic rings. The lowest BCUT2D eigenvalue weighted by Crippen LogP contribution is -2.07. The van der Waals surface area contributed by atoms with E-state index in [-0.39, 0.29) is 5.82 Å². The molecule has 0 bridgehead atoms. The molecule has 1 aliphatic rings. The minimum Gasteiger partial charge on any atom is -0.335 e. The molecule has 25 heavy (non-hydrogen) atoms. The van der Waals surface area contributed by atoms with E-state index in [2.05, 4.69) is 27.8 Å². The Labute approximate surface area is 151 Å². The fourth-order valence-corrected chi connectivity index (χ4v) is 3.31. The first-order chi connectivity index (χ1) is 12.1. The molecule has 0 radical (unpaired) electrons. The van der Waals surface area contributed by atoms with Gasteiger partial charge in [0.1, 0.15) is 5.82 Å². The van der Waals surface area contributed by atoms with Crippen LogP contribution in [0.1, 0.15) is 25.8 Å². The average molecular weight is 356 g/mol. The topological polar surface area (TPSA) is 48.8 Å². The van der Waals surface area contributed by atoms with Gasteiger partial charge in [0.2, 0.25) is 0 Å². The molecule has 0 aromatic heterocycles. The van der Waals surface area contributed by atoms with Crippen LogP contribution < -0.4 is 10.7 Å². The Morgan fingerprint density at radius 1 is 1.16 bits per heavy atom. The predicted octanol–water partition coefficient (Wildman–Crippen LogP) is 4.96. The van der Waals surface area contributed by atoms with Crippen LogP contribution in [0.15, 0.2) is 58.6 Å². The van der Waals surface area contributed by atoms with Crippen LogP contribution in [-0.4, -0.2) is 22.7 Å². The van der Waals surface area contributed by atoms with Gasteiger partial charge in [0, 0.05) is 10.9 Å². The van der Waals surface area contributed by atoms with Crippen LogP contribution >= 0.6 is 11.8 Å². The summed E-state index contributed by atoms with van der Waals surface area (Å²) >= 11 is 1.80. The molecular formula is C19H21FN4S. The van der Waals surface area contributed by atoms with E-state index in [9.17, 15) is 4.39 Å². The average Bonchev–Trinajstić information content (AvgIpc) is 3.09. The predicted molar refractivity (Wildman–Crippen MR) is 106 cm³/mol. The monoisotopic (exact) mass is 356 g/mol. The van der Waals surface area contributed by atoms with Gasteiger partial charge >= 0.3 is 0 Å². The number of hydrogen-bond donors (Lipinski definition) is 2. The van der Waals surface area contributed by atoms with E-state index in [1.807, 2.05) is 31.2 Å². The number of nitrogens with zero attached hydrogens (tertiary/aromatic N) is 2. The number of anilines is 2. The van der Waals surface area contributed by atoms with Gasteiger partial charge in [-0.15, -0.1) is 0 Å². The minimum absolute atomic E-state index is 0.260. The molecule has 1 atom stereocenters. The van der Waals surface area contributed by atoms with Crippen molar-refractivity contribution in [3.8, 4) is 0 Å². The van der Waals surface area contributed by atoms with Crippen molar-refractivity contribution in [2.24, 2.45) is 10.1 Å². The third-order valence-corrected chi connectivity index (χ3v) is 5.19. The van der Waals surface area contributed by atoms with Crippen LogP contribution in [0.3, 0.4) is 0 Å². The third kappa shape index (κ3) is 4.82. The Kier molecular flexibility index (Phi) is 5.71. The number of hydrazone groups is 1. The SMILES string of the molecule is CC[C@H]1CN=C(Nc2ccc(/C(C)=N\Nc3ccc(F)cc3)cc2)S1. The van der Waals surface area contributed by atoms with Crippen molar-refractivity contribution in [2.45, 2.75) is 25.5 Å². The zero-order chi connectivity index (χ0) is 17.6. The van der Waals surface area contributed by atoms with E-state index in [0.29, 0.717) is 5.25 Å². The highest BCUT2D eigenvalue weighted by Gasteiger charge is 2.17. The number of nitrogens with one attached hydrogen (secondary N) is 2. The second kappa shape index (κ2) is 8.16. The summed E-state index contributed by atoms with van der Waals surface area (Å²) in [5.41, 5.74) is 6.59. The number of benzene rings is 2. The van der Waals surface area contributed by atoms with Gasteiger partial charge in [0.05, 0.1) is 17.9 Å². The van der Waals surface area contributed by atoms with Crippen LogP contribution in [0.2, 0.25) is 0 Å².